The van der Waals surface area contributed by atoms with Gasteiger partial charge in [0, 0.05) is 10.6 Å². The van der Waals surface area contributed by atoms with Crippen molar-refractivity contribution < 1.29 is 14.4 Å². The van der Waals surface area contributed by atoms with E-state index in [1.165, 1.54) is 4.90 Å². The number of hydrogen-bond donors (Lipinski definition) is 1. The number of quaternary nitrogens is 1. The van der Waals surface area contributed by atoms with E-state index >= 15 is 0 Å². The van der Waals surface area contributed by atoms with Crippen LogP contribution in [0.1, 0.15) is 15.9 Å². The summed E-state index contributed by atoms with van der Waals surface area (Å²) in [7, 11) is 2.16. The maximum Gasteiger partial charge on any atom is 0.254 e. The number of nitrogens with zero attached hydrogens (tertiary/aromatic N) is 1. The van der Waals surface area contributed by atoms with E-state index in [9.17, 15) is 4.79 Å². The maximum atomic E-state index is 12.5. The van der Waals surface area contributed by atoms with Crippen molar-refractivity contribution in [3.63, 3.8) is 0 Å². The third-order valence-electron chi connectivity index (χ3n) is 4.39. The van der Waals surface area contributed by atoms with Gasteiger partial charge >= 0.3 is 0 Å². The van der Waals surface area contributed by atoms with Crippen LogP contribution in [0.25, 0.3) is 0 Å². The van der Waals surface area contributed by atoms with Crippen LogP contribution in [-0.2, 0) is 6.61 Å². The number of likely N-dealkylation sites (N-methyl/N-ethyl adjacent to an activating group) is 1. The fourth-order valence-electron chi connectivity index (χ4n) is 2.77. The van der Waals surface area contributed by atoms with Crippen LogP contribution in [0.5, 0.6) is 5.75 Å². The van der Waals surface area contributed by atoms with E-state index in [1.807, 2.05) is 29.2 Å². The summed E-state index contributed by atoms with van der Waals surface area (Å²) in [4.78, 5) is 15.9. The van der Waals surface area contributed by atoms with Gasteiger partial charge in [0.15, 0.2) is 0 Å². The molecule has 2 aromatic carbocycles. The number of carbonyl (C=O) groups excluding carboxylic acids is 1. The molecule has 0 radical (unpaired) electrons. The van der Waals surface area contributed by atoms with Gasteiger partial charge < -0.3 is 14.5 Å². The number of carbonyl (C=O) groups is 1. The average Bonchev–Trinajstić information content (AvgIpc) is 2.61. The first kappa shape index (κ1) is 18.1. The van der Waals surface area contributed by atoms with Crippen molar-refractivity contribution in [1.82, 2.24) is 4.90 Å². The summed E-state index contributed by atoms with van der Waals surface area (Å²) in [5.74, 6) is 0.687. The summed E-state index contributed by atoms with van der Waals surface area (Å²) in [6, 6.07) is 12.7. The Bertz CT molecular complexity index is 742. The summed E-state index contributed by atoms with van der Waals surface area (Å²) >= 11 is 12.0. The molecule has 1 fully saturated rings. The summed E-state index contributed by atoms with van der Waals surface area (Å²) < 4.78 is 5.72. The van der Waals surface area contributed by atoms with E-state index < -0.39 is 0 Å². The fourth-order valence-corrected chi connectivity index (χ4v) is 3.23. The van der Waals surface area contributed by atoms with Gasteiger partial charge in [-0.1, -0.05) is 35.3 Å². The minimum atomic E-state index is 0.0979. The second kappa shape index (κ2) is 8.09. The van der Waals surface area contributed by atoms with Crippen LogP contribution in [0, 0.1) is 0 Å². The zero-order valence-corrected chi connectivity index (χ0v) is 15.6. The average molecular weight is 380 g/mol. The molecule has 1 amide bonds. The van der Waals surface area contributed by atoms with Crippen LogP contribution in [0.4, 0.5) is 0 Å². The van der Waals surface area contributed by atoms with Crippen molar-refractivity contribution in [2.45, 2.75) is 6.61 Å². The monoisotopic (exact) mass is 379 g/mol. The molecule has 1 heterocycles. The molecule has 2 aromatic rings. The SMILES string of the molecule is C[NH+]1CCN(C(=O)c2ccc(COc3ccc(Cl)cc3Cl)cc2)CC1. The Morgan fingerprint density at radius 1 is 1.12 bits per heavy atom. The molecule has 0 saturated carbocycles. The summed E-state index contributed by atoms with van der Waals surface area (Å²) in [6.45, 7) is 4.00. The largest absolute Gasteiger partial charge is 0.487 e. The fraction of sp³-hybridized carbons (Fsp3) is 0.316. The number of hydrogen-bond acceptors (Lipinski definition) is 2. The molecule has 1 saturated heterocycles. The Labute approximate surface area is 157 Å². The Morgan fingerprint density at radius 3 is 2.44 bits per heavy atom. The van der Waals surface area contributed by atoms with E-state index in [0.29, 0.717) is 28.0 Å². The van der Waals surface area contributed by atoms with Gasteiger partial charge in [0.1, 0.15) is 12.4 Å². The highest BCUT2D eigenvalue weighted by atomic mass is 35.5. The smallest absolute Gasteiger partial charge is 0.254 e. The van der Waals surface area contributed by atoms with Crippen molar-refractivity contribution in [3.05, 3.63) is 63.6 Å². The molecule has 1 N–H and O–H groups in total. The number of benzene rings is 2. The zero-order chi connectivity index (χ0) is 17.8. The molecule has 4 nitrogen and oxygen atoms in total. The van der Waals surface area contributed by atoms with Crippen molar-refractivity contribution in [3.8, 4) is 5.75 Å². The van der Waals surface area contributed by atoms with Crippen LogP contribution in [0.2, 0.25) is 10.0 Å². The maximum absolute atomic E-state index is 12.5. The van der Waals surface area contributed by atoms with E-state index in [2.05, 4.69) is 7.05 Å². The lowest BCUT2D eigenvalue weighted by atomic mass is 10.1. The predicted molar refractivity (Wildman–Crippen MR) is 99.8 cm³/mol. The molecule has 0 atom stereocenters. The van der Waals surface area contributed by atoms with Crippen molar-refractivity contribution in [2.75, 3.05) is 33.2 Å². The Morgan fingerprint density at radius 2 is 1.80 bits per heavy atom. The molecule has 0 bridgehead atoms. The van der Waals surface area contributed by atoms with Crippen LogP contribution >= 0.6 is 23.2 Å². The van der Waals surface area contributed by atoms with Gasteiger partial charge in [-0.2, -0.15) is 0 Å². The van der Waals surface area contributed by atoms with E-state index in [4.69, 9.17) is 27.9 Å². The highest BCUT2D eigenvalue weighted by Gasteiger charge is 2.22. The number of nitrogens with one attached hydrogen (secondary N) is 1. The number of amides is 1. The Balaban J connectivity index is 1.59. The number of piperazine rings is 1. The molecule has 132 valence electrons. The second-order valence-electron chi connectivity index (χ2n) is 6.31. The normalized spacial score (nSPS) is 15.2. The van der Waals surface area contributed by atoms with Crippen molar-refractivity contribution in [2.24, 2.45) is 0 Å². The van der Waals surface area contributed by atoms with Gasteiger partial charge in [-0.3, -0.25) is 4.79 Å². The molecule has 1 aliphatic rings. The lowest BCUT2D eigenvalue weighted by molar-refractivity contribution is -0.883. The molecule has 0 unspecified atom stereocenters. The van der Waals surface area contributed by atoms with Gasteiger partial charge in [-0.25, -0.2) is 0 Å². The quantitative estimate of drug-likeness (QED) is 0.885. The van der Waals surface area contributed by atoms with Gasteiger partial charge in [0.2, 0.25) is 0 Å². The van der Waals surface area contributed by atoms with Gasteiger partial charge in [0.05, 0.1) is 38.2 Å². The molecular weight excluding hydrogens is 359 g/mol. The number of halogens is 2. The highest BCUT2D eigenvalue weighted by Crippen LogP contribution is 2.28. The number of rotatable bonds is 4. The Hall–Kier alpha value is -1.75. The van der Waals surface area contributed by atoms with E-state index in [-0.39, 0.29) is 5.91 Å². The third-order valence-corrected chi connectivity index (χ3v) is 4.92. The zero-order valence-electron chi connectivity index (χ0n) is 14.1. The minimum absolute atomic E-state index is 0.0979. The topological polar surface area (TPSA) is 34.0 Å². The molecule has 0 spiro atoms. The third kappa shape index (κ3) is 4.66. The molecule has 25 heavy (non-hydrogen) atoms. The summed E-state index contributed by atoms with van der Waals surface area (Å²) in [5.41, 5.74) is 1.69. The highest BCUT2D eigenvalue weighted by molar-refractivity contribution is 6.35. The first-order valence-electron chi connectivity index (χ1n) is 8.30. The van der Waals surface area contributed by atoms with Crippen LogP contribution < -0.4 is 9.64 Å². The van der Waals surface area contributed by atoms with Crippen LogP contribution in [0.15, 0.2) is 42.5 Å². The van der Waals surface area contributed by atoms with Gasteiger partial charge in [0.25, 0.3) is 5.91 Å². The van der Waals surface area contributed by atoms with E-state index in [1.54, 1.807) is 18.2 Å². The lowest BCUT2D eigenvalue weighted by Crippen LogP contribution is -3.12. The standard InChI is InChI=1S/C19H20Cl2N2O2/c1-22-8-10-23(11-9-22)19(24)15-4-2-14(3-5-15)13-25-18-7-6-16(20)12-17(18)21/h2-7,12H,8-11,13H2,1H3/p+1. The Kier molecular flexibility index (Phi) is 5.84. The van der Waals surface area contributed by atoms with Crippen LogP contribution in [-0.4, -0.2) is 44.0 Å². The molecule has 6 heteroatoms. The first-order valence-corrected chi connectivity index (χ1v) is 9.06. The summed E-state index contributed by atoms with van der Waals surface area (Å²) in [6.07, 6.45) is 0. The van der Waals surface area contributed by atoms with Crippen molar-refractivity contribution in [1.29, 1.82) is 0 Å². The van der Waals surface area contributed by atoms with Gasteiger partial charge in [-0.05, 0) is 35.9 Å². The first-order chi connectivity index (χ1) is 12.0. The van der Waals surface area contributed by atoms with Crippen molar-refractivity contribution >= 4 is 29.1 Å². The number of ether oxygens (including phenoxy) is 1. The molecule has 3 rings (SSSR count). The summed E-state index contributed by atoms with van der Waals surface area (Å²) in [5, 5.41) is 1.06. The van der Waals surface area contributed by atoms with E-state index in [0.717, 1.165) is 31.7 Å². The molecule has 1 aliphatic heterocycles. The van der Waals surface area contributed by atoms with Gasteiger partial charge in [-0.15, -0.1) is 0 Å². The predicted octanol–water partition coefficient (Wildman–Crippen LogP) is 2.54. The molecular formula is C19H21Cl2N2O2+. The molecule has 0 aromatic heterocycles. The lowest BCUT2D eigenvalue weighted by Gasteiger charge is -2.30. The molecule has 0 aliphatic carbocycles. The minimum Gasteiger partial charge on any atom is -0.487 e. The van der Waals surface area contributed by atoms with Crippen LogP contribution in [0.3, 0.4) is 0 Å². The second-order valence-corrected chi connectivity index (χ2v) is 7.15.